The number of benzene rings is 1. The molecule has 20 heavy (non-hydrogen) atoms. The van der Waals surface area contributed by atoms with Gasteiger partial charge in [0.1, 0.15) is 0 Å². The summed E-state index contributed by atoms with van der Waals surface area (Å²) in [5.41, 5.74) is 9.34. The average molecular weight is 274 g/mol. The van der Waals surface area contributed by atoms with Crippen molar-refractivity contribution in [1.82, 2.24) is 0 Å². The van der Waals surface area contributed by atoms with Crippen LogP contribution in [0.15, 0.2) is 24.3 Å². The summed E-state index contributed by atoms with van der Waals surface area (Å²) in [5, 5.41) is 0. The van der Waals surface area contributed by atoms with Crippen molar-refractivity contribution in [1.29, 1.82) is 0 Å². The zero-order valence-corrected chi connectivity index (χ0v) is 13.4. The summed E-state index contributed by atoms with van der Waals surface area (Å²) >= 11 is 0. The number of hydrogen-bond donors (Lipinski definition) is 1. The highest BCUT2D eigenvalue weighted by atomic mass is 15.2. The standard InChI is InChI=1S/C18H30N2/c1-4-10-18(14-19,11-5-2)20-13-15(3)12-16-8-6-7-9-17(16)20/h6-9,15H,4-5,10-14,19H2,1-3H3. The molecule has 1 aromatic rings. The molecule has 1 atom stereocenters. The first-order valence-corrected chi connectivity index (χ1v) is 8.22. The third-order valence-corrected chi connectivity index (χ3v) is 4.73. The second kappa shape index (κ2) is 6.62. The molecule has 1 unspecified atom stereocenters. The highest BCUT2D eigenvalue weighted by Gasteiger charge is 2.37. The molecule has 2 N–H and O–H groups in total. The summed E-state index contributed by atoms with van der Waals surface area (Å²) in [4.78, 5) is 2.64. The van der Waals surface area contributed by atoms with Crippen molar-refractivity contribution in [2.24, 2.45) is 11.7 Å². The first kappa shape index (κ1) is 15.4. The fourth-order valence-electron chi connectivity index (χ4n) is 3.89. The number of fused-ring (bicyclic) bond motifs is 1. The van der Waals surface area contributed by atoms with E-state index in [-0.39, 0.29) is 5.54 Å². The van der Waals surface area contributed by atoms with Gasteiger partial charge in [0.15, 0.2) is 0 Å². The molecule has 0 fully saturated rings. The van der Waals surface area contributed by atoms with E-state index < -0.39 is 0 Å². The molecule has 0 spiro atoms. The molecule has 0 bridgehead atoms. The second-order valence-corrected chi connectivity index (χ2v) is 6.48. The Morgan fingerprint density at radius 1 is 1.20 bits per heavy atom. The SMILES string of the molecule is CCCC(CN)(CCC)N1CC(C)Cc2ccccc21. The molecular formula is C18H30N2. The maximum absolute atomic E-state index is 6.27. The van der Waals surface area contributed by atoms with E-state index >= 15 is 0 Å². The zero-order valence-electron chi connectivity index (χ0n) is 13.4. The van der Waals surface area contributed by atoms with Crippen LogP contribution in [0.25, 0.3) is 0 Å². The quantitative estimate of drug-likeness (QED) is 0.850. The maximum Gasteiger partial charge on any atom is 0.0524 e. The second-order valence-electron chi connectivity index (χ2n) is 6.48. The molecule has 1 aliphatic heterocycles. The Bertz CT molecular complexity index is 421. The van der Waals surface area contributed by atoms with Crippen molar-refractivity contribution in [3.63, 3.8) is 0 Å². The molecule has 1 aliphatic rings. The Morgan fingerprint density at radius 3 is 2.45 bits per heavy atom. The van der Waals surface area contributed by atoms with Gasteiger partial charge in [-0.2, -0.15) is 0 Å². The zero-order chi connectivity index (χ0) is 14.6. The van der Waals surface area contributed by atoms with E-state index in [1.807, 2.05) is 0 Å². The van der Waals surface area contributed by atoms with Gasteiger partial charge in [0.05, 0.1) is 5.54 Å². The van der Waals surface area contributed by atoms with Crippen molar-refractivity contribution >= 4 is 5.69 Å². The lowest BCUT2D eigenvalue weighted by Gasteiger charge is -2.49. The van der Waals surface area contributed by atoms with E-state index in [0.717, 1.165) is 13.1 Å². The minimum absolute atomic E-state index is 0.147. The number of nitrogens with two attached hydrogens (primary N) is 1. The number of nitrogens with zero attached hydrogens (tertiary/aromatic N) is 1. The van der Waals surface area contributed by atoms with Crippen molar-refractivity contribution in [2.45, 2.75) is 58.4 Å². The van der Waals surface area contributed by atoms with Crippen LogP contribution in [0.5, 0.6) is 0 Å². The van der Waals surface area contributed by atoms with Crippen LogP contribution in [-0.4, -0.2) is 18.6 Å². The monoisotopic (exact) mass is 274 g/mol. The van der Waals surface area contributed by atoms with Crippen molar-refractivity contribution in [2.75, 3.05) is 18.0 Å². The van der Waals surface area contributed by atoms with Crippen LogP contribution in [0.3, 0.4) is 0 Å². The highest BCUT2D eigenvalue weighted by Crippen LogP contribution is 2.38. The molecular weight excluding hydrogens is 244 g/mol. The van der Waals surface area contributed by atoms with Gasteiger partial charge in [-0.3, -0.25) is 0 Å². The fourth-order valence-corrected chi connectivity index (χ4v) is 3.89. The molecule has 0 saturated carbocycles. The Hall–Kier alpha value is -1.02. The molecule has 2 rings (SSSR count). The van der Waals surface area contributed by atoms with Gasteiger partial charge in [0, 0.05) is 18.8 Å². The predicted molar refractivity (Wildman–Crippen MR) is 88.3 cm³/mol. The summed E-state index contributed by atoms with van der Waals surface area (Å²) in [6.07, 6.45) is 5.98. The van der Waals surface area contributed by atoms with E-state index in [2.05, 4.69) is 49.9 Å². The summed E-state index contributed by atoms with van der Waals surface area (Å²) in [7, 11) is 0. The third-order valence-electron chi connectivity index (χ3n) is 4.73. The van der Waals surface area contributed by atoms with Crippen LogP contribution in [0, 0.1) is 5.92 Å². The van der Waals surface area contributed by atoms with Crippen LogP contribution in [0.4, 0.5) is 5.69 Å². The minimum Gasteiger partial charge on any atom is -0.364 e. The molecule has 112 valence electrons. The first-order valence-electron chi connectivity index (χ1n) is 8.22. The van der Waals surface area contributed by atoms with Crippen molar-refractivity contribution < 1.29 is 0 Å². The average Bonchev–Trinajstić information content (AvgIpc) is 2.46. The Balaban J connectivity index is 2.42. The number of hydrogen-bond acceptors (Lipinski definition) is 2. The Kier molecular flexibility index (Phi) is 5.09. The smallest absolute Gasteiger partial charge is 0.0524 e. The minimum atomic E-state index is 0.147. The largest absolute Gasteiger partial charge is 0.364 e. The third kappa shape index (κ3) is 2.85. The molecule has 1 aromatic carbocycles. The van der Waals surface area contributed by atoms with Gasteiger partial charge in [-0.15, -0.1) is 0 Å². The molecule has 1 heterocycles. The number of anilines is 1. The number of para-hydroxylation sites is 1. The van der Waals surface area contributed by atoms with Gasteiger partial charge in [-0.1, -0.05) is 51.8 Å². The number of rotatable bonds is 6. The lowest BCUT2D eigenvalue weighted by atomic mass is 9.82. The molecule has 0 radical (unpaired) electrons. The summed E-state index contributed by atoms with van der Waals surface area (Å²) in [6.45, 7) is 8.82. The Morgan fingerprint density at radius 2 is 1.85 bits per heavy atom. The molecule has 0 amide bonds. The highest BCUT2D eigenvalue weighted by molar-refractivity contribution is 5.58. The summed E-state index contributed by atoms with van der Waals surface area (Å²) in [6, 6.07) is 8.91. The van der Waals surface area contributed by atoms with Gasteiger partial charge >= 0.3 is 0 Å². The lowest BCUT2D eigenvalue weighted by molar-refractivity contribution is 0.311. The summed E-state index contributed by atoms with van der Waals surface area (Å²) in [5.74, 6) is 0.713. The maximum atomic E-state index is 6.27. The fraction of sp³-hybridized carbons (Fsp3) is 0.667. The molecule has 2 heteroatoms. The van der Waals surface area contributed by atoms with E-state index in [0.29, 0.717) is 5.92 Å². The van der Waals surface area contributed by atoms with Crippen molar-refractivity contribution in [3.8, 4) is 0 Å². The van der Waals surface area contributed by atoms with Gasteiger partial charge in [-0.25, -0.2) is 0 Å². The normalized spacial score (nSPS) is 19.0. The summed E-state index contributed by atoms with van der Waals surface area (Å²) < 4.78 is 0. The molecule has 0 saturated heterocycles. The topological polar surface area (TPSA) is 29.3 Å². The van der Waals surface area contributed by atoms with Crippen LogP contribution in [0.1, 0.15) is 52.0 Å². The van der Waals surface area contributed by atoms with Gasteiger partial charge in [-0.05, 0) is 36.8 Å². The van der Waals surface area contributed by atoms with Crippen LogP contribution >= 0.6 is 0 Å². The van der Waals surface area contributed by atoms with Crippen LogP contribution < -0.4 is 10.6 Å². The molecule has 0 aromatic heterocycles. The lowest BCUT2D eigenvalue weighted by Crippen LogP contribution is -2.57. The van der Waals surface area contributed by atoms with E-state index in [4.69, 9.17) is 5.73 Å². The van der Waals surface area contributed by atoms with Crippen LogP contribution in [-0.2, 0) is 6.42 Å². The molecule has 2 nitrogen and oxygen atoms in total. The van der Waals surface area contributed by atoms with E-state index in [1.165, 1.54) is 43.4 Å². The van der Waals surface area contributed by atoms with Gasteiger partial charge < -0.3 is 10.6 Å². The van der Waals surface area contributed by atoms with E-state index in [1.54, 1.807) is 0 Å². The first-order chi connectivity index (χ1) is 9.66. The van der Waals surface area contributed by atoms with E-state index in [9.17, 15) is 0 Å². The van der Waals surface area contributed by atoms with Crippen molar-refractivity contribution in [3.05, 3.63) is 29.8 Å². The van der Waals surface area contributed by atoms with Gasteiger partial charge in [0.2, 0.25) is 0 Å². The Labute approximate surface area is 124 Å². The van der Waals surface area contributed by atoms with Gasteiger partial charge in [0.25, 0.3) is 0 Å². The van der Waals surface area contributed by atoms with Crippen LogP contribution in [0.2, 0.25) is 0 Å². The predicted octanol–water partition coefficient (Wildman–Crippen LogP) is 3.98. The molecule has 0 aliphatic carbocycles.